The fraction of sp³-hybridized carbons (Fsp3) is 0.0526. The maximum atomic E-state index is 10.9. The van der Waals surface area contributed by atoms with Gasteiger partial charge in [0, 0.05) is 11.9 Å². The Balaban J connectivity index is 1.81. The van der Waals surface area contributed by atoms with Gasteiger partial charge in [0.05, 0.1) is 22.5 Å². The van der Waals surface area contributed by atoms with Gasteiger partial charge in [-0.3, -0.25) is 4.98 Å². The van der Waals surface area contributed by atoms with Crippen molar-refractivity contribution in [2.75, 3.05) is 0 Å². The molecule has 0 atom stereocenters. The molecule has 0 unspecified atom stereocenters. The van der Waals surface area contributed by atoms with Crippen LogP contribution < -0.4 is 0 Å². The maximum absolute atomic E-state index is 10.9. The molecule has 0 saturated heterocycles. The van der Waals surface area contributed by atoms with E-state index in [4.69, 9.17) is 5.11 Å². The average Bonchev–Trinajstić information content (AvgIpc) is 2.67. The molecule has 1 N–H and O–H groups in total. The number of rotatable bonds is 5. The summed E-state index contributed by atoms with van der Waals surface area (Å²) in [4.78, 5) is 19.7. The van der Waals surface area contributed by atoms with Crippen molar-refractivity contribution in [2.24, 2.45) is 0 Å². The standard InChI is InChI=1S/C19H13N3O2S/c20-11-15-8-9-17(16-3-1-2-10-21-16)22-18(15)25-12-13-4-6-14(7-5-13)19(23)24/h1-10H,12H2,(H,23,24). The second kappa shape index (κ2) is 7.60. The zero-order valence-electron chi connectivity index (χ0n) is 13.1. The summed E-state index contributed by atoms with van der Waals surface area (Å²) >= 11 is 1.44. The number of nitrogens with zero attached hydrogens (tertiary/aromatic N) is 3. The van der Waals surface area contributed by atoms with Crippen molar-refractivity contribution < 1.29 is 9.90 Å². The molecule has 0 fully saturated rings. The Hall–Kier alpha value is -3.17. The van der Waals surface area contributed by atoms with Crippen molar-refractivity contribution in [3.63, 3.8) is 0 Å². The number of aromatic nitrogens is 2. The molecular weight excluding hydrogens is 334 g/mol. The van der Waals surface area contributed by atoms with Gasteiger partial charge in [-0.15, -0.1) is 11.8 Å². The smallest absolute Gasteiger partial charge is 0.335 e. The first kappa shape index (κ1) is 16.7. The lowest BCUT2D eigenvalue weighted by Gasteiger charge is -2.07. The average molecular weight is 347 g/mol. The number of aromatic carboxylic acids is 1. The Labute approximate surface area is 149 Å². The normalized spacial score (nSPS) is 10.2. The zero-order chi connectivity index (χ0) is 17.6. The highest BCUT2D eigenvalue weighted by molar-refractivity contribution is 7.98. The molecule has 0 radical (unpaired) electrons. The Morgan fingerprint density at radius 3 is 2.52 bits per heavy atom. The van der Waals surface area contributed by atoms with E-state index < -0.39 is 5.97 Å². The van der Waals surface area contributed by atoms with Gasteiger partial charge in [-0.05, 0) is 42.0 Å². The quantitative estimate of drug-likeness (QED) is 0.702. The van der Waals surface area contributed by atoms with Crippen molar-refractivity contribution in [3.8, 4) is 17.5 Å². The van der Waals surface area contributed by atoms with E-state index >= 15 is 0 Å². The SMILES string of the molecule is N#Cc1ccc(-c2ccccn2)nc1SCc1ccc(C(=O)O)cc1. The number of carboxylic acids is 1. The summed E-state index contributed by atoms with van der Waals surface area (Å²) < 4.78 is 0. The molecule has 2 heterocycles. The van der Waals surface area contributed by atoms with Gasteiger partial charge in [-0.1, -0.05) is 18.2 Å². The van der Waals surface area contributed by atoms with Crippen LogP contribution in [0.1, 0.15) is 21.5 Å². The van der Waals surface area contributed by atoms with Crippen molar-refractivity contribution in [1.29, 1.82) is 5.26 Å². The van der Waals surface area contributed by atoms with Crippen LogP contribution in [-0.2, 0) is 5.75 Å². The van der Waals surface area contributed by atoms with Crippen molar-refractivity contribution >= 4 is 17.7 Å². The van der Waals surface area contributed by atoms with E-state index in [2.05, 4.69) is 16.0 Å². The minimum absolute atomic E-state index is 0.252. The largest absolute Gasteiger partial charge is 0.478 e. The van der Waals surface area contributed by atoms with Crippen LogP contribution in [0.3, 0.4) is 0 Å². The molecule has 0 spiro atoms. The topological polar surface area (TPSA) is 86.9 Å². The Kier molecular flexibility index (Phi) is 5.07. The molecule has 1 aromatic carbocycles. The number of thioether (sulfide) groups is 1. The predicted molar refractivity (Wildman–Crippen MR) is 95.1 cm³/mol. The monoisotopic (exact) mass is 347 g/mol. The second-order valence-electron chi connectivity index (χ2n) is 5.17. The summed E-state index contributed by atoms with van der Waals surface area (Å²) in [6, 6.07) is 18.0. The number of hydrogen-bond donors (Lipinski definition) is 1. The van der Waals surface area contributed by atoms with Crippen molar-refractivity contribution in [2.45, 2.75) is 10.8 Å². The van der Waals surface area contributed by atoms with E-state index in [1.807, 2.05) is 18.2 Å². The van der Waals surface area contributed by atoms with Crippen LogP contribution in [0.4, 0.5) is 0 Å². The van der Waals surface area contributed by atoms with Gasteiger partial charge in [-0.2, -0.15) is 5.26 Å². The maximum Gasteiger partial charge on any atom is 0.335 e. The Morgan fingerprint density at radius 1 is 1.08 bits per heavy atom. The van der Waals surface area contributed by atoms with Gasteiger partial charge in [0.15, 0.2) is 0 Å². The molecule has 3 aromatic rings. The summed E-state index contributed by atoms with van der Waals surface area (Å²) in [5.41, 5.74) is 3.18. The molecular formula is C19H13N3O2S. The molecule has 122 valence electrons. The third-order valence-electron chi connectivity index (χ3n) is 3.48. The predicted octanol–water partition coefficient (Wildman–Crippen LogP) is 4.01. The van der Waals surface area contributed by atoms with Crippen LogP contribution in [0, 0.1) is 11.3 Å². The highest BCUT2D eigenvalue weighted by Crippen LogP contribution is 2.27. The molecule has 0 aliphatic rings. The Bertz CT molecular complexity index is 935. The number of carboxylic acid groups (broad SMARTS) is 1. The second-order valence-corrected chi connectivity index (χ2v) is 6.13. The van der Waals surface area contributed by atoms with Gasteiger partial charge in [0.2, 0.25) is 0 Å². The van der Waals surface area contributed by atoms with Crippen molar-refractivity contribution in [1.82, 2.24) is 9.97 Å². The summed E-state index contributed by atoms with van der Waals surface area (Å²) in [5.74, 6) is -0.358. The highest BCUT2D eigenvalue weighted by atomic mass is 32.2. The molecule has 3 rings (SSSR count). The minimum Gasteiger partial charge on any atom is -0.478 e. The Morgan fingerprint density at radius 2 is 1.88 bits per heavy atom. The van der Waals surface area contributed by atoms with E-state index in [1.165, 1.54) is 11.8 Å². The van der Waals surface area contributed by atoms with Crippen molar-refractivity contribution in [3.05, 3.63) is 77.5 Å². The van der Waals surface area contributed by atoms with Crippen LogP contribution in [0.2, 0.25) is 0 Å². The van der Waals surface area contributed by atoms with E-state index in [-0.39, 0.29) is 5.56 Å². The van der Waals surface area contributed by atoms with Crippen LogP contribution >= 0.6 is 11.8 Å². The number of pyridine rings is 2. The molecule has 2 aromatic heterocycles. The number of hydrogen-bond acceptors (Lipinski definition) is 5. The number of nitriles is 1. The lowest BCUT2D eigenvalue weighted by atomic mass is 10.1. The minimum atomic E-state index is -0.948. The molecule has 0 amide bonds. The number of carbonyl (C=O) groups is 1. The summed E-state index contributed by atoms with van der Waals surface area (Å²) in [7, 11) is 0. The lowest BCUT2D eigenvalue weighted by Crippen LogP contribution is -1.96. The van der Waals surface area contributed by atoms with Crippen LogP contribution in [0.5, 0.6) is 0 Å². The first-order valence-corrected chi connectivity index (χ1v) is 8.43. The van der Waals surface area contributed by atoms with E-state index in [1.54, 1.807) is 42.6 Å². The first-order chi connectivity index (χ1) is 12.2. The third-order valence-corrected chi connectivity index (χ3v) is 4.55. The molecule has 6 heteroatoms. The van der Waals surface area contributed by atoms with E-state index in [9.17, 15) is 10.1 Å². The summed E-state index contributed by atoms with van der Waals surface area (Å²) in [5, 5.41) is 18.9. The summed E-state index contributed by atoms with van der Waals surface area (Å²) in [6.45, 7) is 0. The van der Waals surface area contributed by atoms with Gasteiger partial charge in [0.1, 0.15) is 11.1 Å². The first-order valence-electron chi connectivity index (χ1n) is 7.45. The van der Waals surface area contributed by atoms with Crippen LogP contribution in [0.15, 0.2) is 65.8 Å². The van der Waals surface area contributed by atoms with Gasteiger partial charge in [0.25, 0.3) is 0 Å². The lowest BCUT2D eigenvalue weighted by molar-refractivity contribution is 0.0697. The van der Waals surface area contributed by atoms with Gasteiger partial charge >= 0.3 is 5.97 Å². The molecule has 0 aliphatic heterocycles. The fourth-order valence-corrected chi connectivity index (χ4v) is 3.12. The number of benzene rings is 1. The van der Waals surface area contributed by atoms with Gasteiger partial charge in [-0.25, -0.2) is 9.78 Å². The molecule has 0 aliphatic carbocycles. The van der Waals surface area contributed by atoms with E-state index in [0.717, 1.165) is 11.3 Å². The zero-order valence-corrected chi connectivity index (χ0v) is 13.9. The van der Waals surface area contributed by atoms with E-state index in [0.29, 0.717) is 22.0 Å². The van der Waals surface area contributed by atoms with Crippen LogP contribution in [-0.4, -0.2) is 21.0 Å². The molecule has 25 heavy (non-hydrogen) atoms. The third kappa shape index (κ3) is 4.03. The molecule has 0 bridgehead atoms. The van der Waals surface area contributed by atoms with Crippen LogP contribution in [0.25, 0.3) is 11.4 Å². The van der Waals surface area contributed by atoms with Gasteiger partial charge < -0.3 is 5.11 Å². The molecule has 0 saturated carbocycles. The fourth-order valence-electron chi connectivity index (χ4n) is 2.19. The molecule has 5 nitrogen and oxygen atoms in total. The summed E-state index contributed by atoms with van der Waals surface area (Å²) in [6.07, 6.45) is 1.70. The highest BCUT2D eigenvalue weighted by Gasteiger charge is 2.09.